The molecule has 1 aromatic rings. The third-order valence-electron chi connectivity index (χ3n) is 4.09. The van der Waals surface area contributed by atoms with Crippen LogP contribution < -0.4 is 5.32 Å². The first-order chi connectivity index (χ1) is 8.20. The van der Waals surface area contributed by atoms with Gasteiger partial charge in [-0.15, -0.1) is 0 Å². The molecule has 1 aliphatic rings. The SMILES string of the molecule is CC1CCC(NCc2cccc(C#N)c2)C1C. The fourth-order valence-corrected chi connectivity index (χ4v) is 2.65. The van der Waals surface area contributed by atoms with Gasteiger partial charge in [-0.3, -0.25) is 0 Å². The summed E-state index contributed by atoms with van der Waals surface area (Å²) in [5.41, 5.74) is 1.95. The largest absolute Gasteiger partial charge is 0.310 e. The Morgan fingerprint density at radius 3 is 2.82 bits per heavy atom. The Hall–Kier alpha value is -1.33. The van der Waals surface area contributed by atoms with Crippen molar-refractivity contribution in [1.29, 1.82) is 5.26 Å². The zero-order chi connectivity index (χ0) is 12.3. The molecule has 2 rings (SSSR count). The van der Waals surface area contributed by atoms with Gasteiger partial charge in [0.15, 0.2) is 0 Å². The van der Waals surface area contributed by atoms with Gasteiger partial charge < -0.3 is 5.32 Å². The van der Waals surface area contributed by atoms with Gasteiger partial charge in [-0.1, -0.05) is 26.0 Å². The van der Waals surface area contributed by atoms with E-state index in [1.54, 1.807) is 0 Å². The number of nitriles is 1. The number of rotatable bonds is 3. The van der Waals surface area contributed by atoms with E-state index < -0.39 is 0 Å². The van der Waals surface area contributed by atoms with Crippen molar-refractivity contribution in [1.82, 2.24) is 5.32 Å². The molecular weight excluding hydrogens is 208 g/mol. The molecule has 17 heavy (non-hydrogen) atoms. The molecule has 0 heterocycles. The molecule has 1 saturated carbocycles. The lowest BCUT2D eigenvalue weighted by atomic mass is 9.97. The van der Waals surface area contributed by atoms with Gasteiger partial charge in [-0.25, -0.2) is 0 Å². The summed E-state index contributed by atoms with van der Waals surface area (Å²) in [5.74, 6) is 1.59. The Kier molecular flexibility index (Phi) is 3.81. The van der Waals surface area contributed by atoms with Gasteiger partial charge in [-0.05, 0) is 42.4 Å². The van der Waals surface area contributed by atoms with E-state index in [0.717, 1.165) is 23.9 Å². The second-order valence-electron chi connectivity index (χ2n) is 5.21. The van der Waals surface area contributed by atoms with Crippen LogP contribution in [0.15, 0.2) is 24.3 Å². The molecule has 1 aliphatic carbocycles. The molecule has 3 atom stereocenters. The molecule has 0 bridgehead atoms. The number of hydrogen-bond acceptors (Lipinski definition) is 2. The smallest absolute Gasteiger partial charge is 0.0991 e. The normalized spacial score (nSPS) is 27.9. The molecule has 1 N–H and O–H groups in total. The first kappa shape index (κ1) is 12.1. The van der Waals surface area contributed by atoms with Gasteiger partial charge in [-0.2, -0.15) is 5.26 Å². The second kappa shape index (κ2) is 5.33. The highest BCUT2D eigenvalue weighted by Gasteiger charge is 2.28. The van der Waals surface area contributed by atoms with Crippen molar-refractivity contribution in [3.63, 3.8) is 0 Å². The highest BCUT2D eigenvalue weighted by atomic mass is 14.9. The molecular formula is C15H20N2. The topological polar surface area (TPSA) is 35.8 Å². The molecule has 2 nitrogen and oxygen atoms in total. The van der Waals surface area contributed by atoms with Crippen molar-refractivity contribution in [3.05, 3.63) is 35.4 Å². The van der Waals surface area contributed by atoms with Crippen LogP contribution in [0.2, 0.25) is 0 Å². The van der Waals surface area contributed by atoms with Crippen molar-refractivity contribution in [3.8, 4) is 6.07 Å². The fraction of sp³-hybridized carbons (Fsp3) is 0.533. The number of benzene rings is 1. The summed E-state index contributed by atoms with van der Waals surface area (Å²) in [5, 5.41) is 12.5. The highest BCUT2D eigenvalue weighted by Crippen LogP contribution is 2.31. The molecule has 1 fully saturated rings. The molecule has 0 aliphatic heterocycles. The summed E-state index contributed by atoms with van der Waals surface area (Å²) in [6.07, 6.45) is 2.61. The van der Waals surface area contributed by atoms with Crippen molar-refractivity contribution >= 4 is 0 Å². The summed E-state index contributed by atoms with van der Waals surface area (Å²) in [4.78, 5) is 0. The predicted octanol–water partition coefficient (Wildman–Crippen LogP) is 3.08. The van der Waals surface area contributed by atoms with E-state index in [1.807, 2.05) is 18.2 Å². The van der Waals surface area contributed by atoms with Crippen LogP contribution in [0.5, 0.6) is 0 Å². The first-order valence-electron chi connectivity index (χ1n) is 6.43. The zero-order valence-electron chi connectivity index (χ0n) is 10.6. The number of nitrogens with zero attached hydrogens (tertiary/aromatic N) is 1. The van der Waals surface area contributed by atoms with Gasteiger partial charge in [0, 0.05) is 12.6 Å². The Morgan fingerprint density at radius 2 is 2.18 bits per heavy atom. The minimum atomic E-state index is 0.635. The summed E-state index contributed by atoms with van der Waals surface area (Å²) < 4.78 is 0. The van der Waals surface area contributed by atoms with Crippen LogP contribution in [0, 0.1) is 23.2 Å². The average Bonchev–Trinajstić information content (AvgIpc) is 2.68. The van der Waals surface area contributed by atoms with Crippen LogP contribution >= 0.6 is 0 Å². The minimum Gasteiger partial charge on any atom is -0.310 e. The maximum atomic E-state index is 8.85. The van der Waals surface area contributed by atoms with Crippen molar-refractivity contribution < 1.29 is 0 Å². The highest BCUT2D eigenvalue weighted by molar-refractivity contribution is 5.32. The van der Waals surface area contributed by atoms with E-state index in [4.69, 9.17) is 5.26 Å². The monoisotopic (exact) mass is 228 g/mol. The third-order valence-corrected chi connectivity index (χ3v) is 4.09. The van der Waals surface area contributed by atoms with E-state index in [-0.39, 0.29) is 0 Å². The van der Waals surface area contributed by atoms with Crippen molar-refractivity contribution in [2.45, 2.75) is 39.3 Å². The zero-order valence-corrected chi connectivity index (χ0v) is 10.6. The van der Waals surface area contributed by atoms with E-state index in [1.165, 1.54) is 18.4 Å². The summed E-state index contributed by atoms with van der Waals surface area (Å²) >= 11 is 0. The molecule has 0 amide bonds. The summed E-state index contributed by atoms with van der Waals surface area (Å²) in [7, 11) is 0. The Labute approximate surface area is 104 Å². The molecule has 90 valence electrons. The van der Waals surface area contributed by atoms with E-state index >= 15 is 0 Å². The van der Waals surface area contributed by atoms with E-state index in [0.29, 0.717) is 6.04 Å². The van der Waals surface area contributed by atoms with Crippen LogP contribution in [0.4, 0.5) is 0 Å². The van der Waals surface area contributed by atoms with Gasteiger partial charge >= 0.3 is 0 Å². The van der Waals surface area contributed by atoms with Crippen LogP contribution in [-0.4, -0.2) is 6.04 Å². The Morgan fingerprint density at radius 1 is 1.35 bits per heavy atom. The quantitative estimate of drug-likeness (QED) is 0.863. The Bertz CT molecular complexity index is 419. The maximum Gasteiger partial charge on any atom is 0.0991 e. The molecule has 1 aromatic carbocycles. The summed E-state index contributed by atoms with van der Waals surface area (Å²) in [6, 6.07) is 10.7. The van der Waals surface area contributed by atoms with Crippen LogP contribution in [0.1, 0.15) is 37.8 Å². The minimum absolute atomic E-state index is 0.635. The first-order valence-corrected chi connectivity index (χ1v) is 6.43. The van der Waals surface area contributed by atoms with Crippen LogP contribution in [0.25, 0.3) is 0 Å². The number of nitrogens with one attached hydrogen (secondary N) is 1. The molecule has 0 radical (unpaired) electrons. The van der Waals surface area contributed by atoms with Crippen LogP contribution in [0.3, 0.4) is 0 Å². The summed E-state index contributed by atoms with van der Waals surface area (Å²) in [6.45, 7) is 5.54. The average molecular weight is 228 g/mol. The van der Waals surface area contributed by atoms with E-state index in [9.17, 15) is 0 Å². The number of hydrogen-bond donors (Lipinski definition) is 1. The standard InChI is InChI=1S/C15H20N2/c1-11-6-7-15(12(11)2)17-10-14-5-3-4-13(8-14)9-16/h3-5,8,11-12,15,17H,6-7,10H2,1-2H3. The third kappa shape index (κ3) is 2.87. The Balaban J connectivity index is 1.92. The lowest BCUT2D eigenvalue weighted by Gasteiger charge is -2.19. The lowest BCUT2D eigenvalue weighted by molar-refractivity contribution is 0.370. The van der Waals surface area contributed by atoms with Gasteiger partial charge in [0.05, 0.1) is 11.6 Å². The van der Waals surface area contributed by atoms with Gasteiger partial charge in [0.1, 0.15) is 0 Å². The van der Waals surface area contributed by atoms with Gasteiger partial charge in [0.2, 0.25) is 0 Å². The van der Waals surface area contributed by atoms with Crippen LogP contribution in [-0.2, 0) is 6.54 Å². The maximum absolute atomic E-state index is 8.85. The van der Waals surface area contributed by atoms with Crippen molar-refractivity contribution in [2.75, 3.05) is 0 Å². The molecule has 3 unspecified atom stereocenters. The fourth-order valence-electron chi connectivity index (χ4n) is 2.65. The predicted molar refractivity (Wildman–Crippen MR) is 69.3 cm³/mol. The molecule has 0 saturated heterocycles. The second-order valence-corrected chi connectivity index (χ2v) is 5.21. The molecule has 0 aromatic heterocycles. The van der Waals surface area contributed by atoms with Gasteiger partial charge in [0.25, 0.3) is 0 Å². The molecule has 2 heteroatoms. The lowest BCUT2D eigenvalue weighted by Crippen LogP contribution is -2.31. The molecule has 0 spiro atoms. The van der Waals surface area contributed by atoms with E-state index in [2.05, 4.69) is 31.3 Å². The van der Waals surface area contributed by atoms with Crippen molar-refractivity contribution in [2.24, 2.45) is 11.8 Å².